The van der Waals surface area contributed by atoms with Gasteiger partial charge in [-0.1, -0.05) is 12.1 Å². The summed E-state index contributed by atoms with van der Waals surface area (Å²) in [5, 5.41) is 13.3. The maximum Gasteiger partial charge on any atom is 0.433 e. The molecule has 29 heavy (non-hydrogen) atoms. The Kier molecular flexibility index (Phi) is 5.31. The zero-order valence-electron chi connectivity index (χ0n) is 14.5. The molecule has 7 nitrogen and oxygen atoms in total. The minimum absolute atomic E-state index is 0.167. The van der Waals surface area contributed by atoms with Gasteiger partial charge in [-0.25, -0.2) is 9.37 Å². The summed E-state index contributed by atoms with van der Waals surface area (Å²) in [4.78, 5) is 25.9. The van der Waals surface area contributed by atoms with Crippen molar-refractivity contribution in [1.82, 2.24) is 9.55 Å². The van der Waals surface area contributed by atoms with Crippen LogP contribution < -0.4 is 10.9 Å². The van der Waals surface area contributed by atoms with Crippen molar-refractivity contribution in [1.29, 1.82) is 0 Å². The van der Waals surface area contributed by atoms with Crippen LogP contribution in [0.3, 0.4) is 0 Å². The van der Waals surface area contributed by atoms with E-state index < -0.39 is 34.1 Å². The molecule has 1 heterocycles. The molecule has 11 heteroatoms. The van der Waals surface area contributed by atoms with Gasteiger partial charge in [0, 0.05) is 23.9 Å². The molecule has 150 valence electrons. The molecule has 0 atom stereocenters. The highest BCUT2D eigenvalue weighted by atomic mass is 19.4. The maximum atomic E-state index is 13.1. The molecule has 3 aromatic rings. The van der Waals surface area contributed by atoms with Crippen LogP contribution in [0.5, 0.6) is 0 Å². The average molecular weight is 408 g/mol. The summed E-state index contributed by atoms with van der Waals surface area (Å²) in [5.74, 6) is -0.918. The lowest BCUT2D eigenvalue weighted by atomic mass is 10.2. The van der Waals surface area contributed by atoms with Crippen molar-refractivity contribution in [2.75, 3.05) is 5.32 Å². The van der Waals surface area contributed by atoms with Crippen LogP contribution in [0.1, 0.15) is 11.3 Å². The van der Waals surface area contributed by atoms with E-state index in [0.29, 0.717) is 11.6 Å². The predicted molar refractivity (Wildman–Crippen MR) is 95.4 cm³/mol. The van der Waals surface area contributed by atoms with E-state index in [4.69, 9.17) is 0 Å². The first-order valence-corrected chi connectivity index (χ1v) is 8.08. The number of halogens is 4. The summed E-state index contributed by atoms with van der Waals surface area (Å²) in [5.41, 5.74) is -1.92. The van der Waals surface area contributed by atoms with Crippen molar-refractivity contribution in [2.24, 2.45) is 0 Å². The lowest BCUT2D eigenvalue weighted by molar-refractivity contribution is -0.384. The highest BCUT2D eigenvalue weighted by molar-refractivity contribution is 5.56. The number of aromatic nitrogens is 2. The number of benzene rings is 2. The minimum Gasteiger partial charge on any atom is -0.326 e. The average Bonchev–Trinajstić information content (AvgIpc) is 2.65. The van der Waals surface area contributed by atoms with Crippen LogP contribution in [0.15, 0.2) is 59.4 Å². The second kappa shape index (κ2) is 7.70. The number of hydrogen-bond acceptors (Lipinski definition) is 5. The van der Waals surface area contributed by atoms with Crippen LogP contribution in [0.4, 0.5) is 34.9 Å². The van der Waals surface area contributed by atoms with E-state index in [2.05, 4.69) is 10.3 Å². The van der Waals surface area contributed by atoms with Crippen LogP contribution in [0.25, 0.3) is 0 Å². The number of hydrogen-bond donors (Lipinski definition) is 1. The summed E-state index contributed by atoms with van der Waals surface area (Å²) >= 11 is 0. The van der Waals surface area contributed by atoms with Crippen molar-refractivity contribution < 1.29 is 22.5 Å². The van der Waals surface area contributed by atoms with Crippen molar-refractivity contribution in [3.8, 4) is 0 Å². The molecule has 0 aliphatic heterocycles. The van der Waals surface area contributed by atoms with Crippen LogP contribution in [0.2, 0.25) is 0 Å². The highest BCUT2D eigenvalue weighted by Gasteiger charge is 2.34. The van der Waals surface area contributed by atoms with E-state index in [1.807, 2.05) is 0 Å². The number of anilines is 2. The Morgan fingerprint density at radius 2 is 1.69 bits per heavy atom. The number of alkyl halides is 3. The fourth-order valence-corrected chi connectivity index (χ4v) is 2.47. The van der Waals surface area contributed by atoms with Gasteiger partial charge in [-0.3, -0.25) is 19.5 Å². The van der Waals surface area contributed by atoms with E-state index >= 15 is 0 Å². The van der Waals surface area contributed by atoms with Crippen molar-refractivity contribution in [3.63, 3.8) is 0 Å². The fourth-order valence-electron chi connectivity index (χ4n) is 2.47. The smallest absolute Gasteiger partial charge is 0.326 e. The van der Waals surface area contributed by atoms with Crippen LogP contribution in [0, 0.1) is 15.9 Å². The van der Waals surface area contributed by atoms with Crippen molar-refractivity contribution in [2.45, 2.75) is 12.7 Å². The van der Waals surface area contributed by atoms with E-state index in [0.717, 1.165) is 28.8 Å². The molecule has 2 aromatic carbocycles. The quantitative estimate of drug-likeness (QED) is 0.390. The summed E-state index contributed by atoms with van der Waals surface area (Å²) in [6.07, 6.45) is -4.85. The molecule has 3 rings (SSSR count). The molecule has 1 N–H and O–H groups in total. The van der Waals surface area contributed by atoms with Gasteiger partial charge in [0.25, 0.3) is 11.2 Å². The number of nitrogens with one attached hydrogen (secondary N) is 1. The molecule has 1 aromatic heterocycles. The predicted octanol–water partition coefficient (Wildman–Crippen LogP) is 4.10. The van der Waals surface area contributed by atoms with Gasteiger partial charge in [-0.15, -0.1) is 0 Å². The van der Waals surface area contributed by atoms with Crippen LogP contribution in [-0.4, -0.2) is 14.5 Å². The molecular formula is C18H12F4N4O3. The number of nitro benzene ring substituents is 1. The number of nitrogens with zero attached hydrogens (tertiary/aromatic N) is 3. The fraction of sp³-hybridized carbons (Fsp3) is 0.111. The topological polar surface area (TPSA) is 90.1 Å². The Bertz CT molecular complexity index is 1090. The van der Waals surface area contributed by atoms with Gasteiger partial charge in [0.2, 0.25) is 5.95 Å². The molecule has 0 aliphatic carbocycles. The lowest BCUT2D eigenvalue weighted by Gasteiger charge is -2.16. The molecule has 0 aliphatic rings. The van der Waals surface area contributed by atoms with Gasteiger partial charge >= 0.3 is 6.18 Å². The molecule has 0 radical (unpaired) electrons. The third-order valence-corrected chi connectivity index (χ3v) is 3.89. The first kappa shape index (κ1) is 20.0. The Balaban J connectivity index is 2.03. The third kappa shape index (κ3) is 4.75. The molecule has 0 amide bonds. The molecule has 0 saturated heterocycles. The van der Waals surface area contributed by atoms with Gasteiger partial charge < -0.3 is 5.32 Å². The Morgan fingerprint density at radius 3 is 2.24 bits per heavy atom. The maximum absolute atomic E-state index is 13.1. The van der Waals surface area contributed by atoms with Crippen LogP contribution >= 0.6 is 0 Å². The molecule has 0 spiro atoms. The van der Waals surface area contributed by atoms with Gasteiger partial charge in [0.05, 0.1) is 11.5 Å². The van der Waals surface area contributed by atoms with E-state index in [1.165, 1.54) is 24.3 Å². The standard InChI is InChI=1S/C18H12F4N4O3/c19-12-3-1-11(2-4-12)10-25-16(27)9-15(18(20,21)22)24-17(25)23-13-5-7-14(8-6-13)26(28)29/h1-9H,10H2,(H,23,24). The SMILES string of the molecule is O=c1cc(C(F)(F)F)nc(Nc2ccc([N+](=O)[O-])cc2)n1Cc1ccc(F)cc1. The summed E-state index contributed by atoms with van der Waals surface area (Å²) in [6, 6.07) is 10.3. The first-order chi connectivity index (χ1) is 13.6. The Labute approximate surface area is 160 Å². The molecule has 0 saturated carbocycles. The van der Waals surface area contributed by atoms with Gasteiger partial charge in [0.1, 0.15) is 5.82 Å². The van der Waals surface area contributed by atoms with Crippen LogP contribution in [-0.2, 0) is 12.7 Å². The third-order valence-electron chi connectivity index (χ3n) is 3.89. The number of nitro groups is 1. The molecule has 0 fully saturated rings. The second-order valence-corrected chi connectivity index (χ2v) is 5.94. The molecule has 0 bridgehead atoms. The normalized spacial score (nSPS) is 11.3. The minimum atomic E-state index is -4.85. The van der Waals surface area contributed by atoms with Crippen molar-refractivity contribution in [3.05, 3.63) is 92.1 Å². The lowest BCUT2D eigenvalue weighted by Crippen LogP contribution is -2.27. The Morgan fingerprint density at radius 1 is 1.07 bits per heavy atom. The van der Waals surface area contributed by atoms with Crippen molar-refractivity contribution >= 4 is 17.3 Å². The van der Waals surface area contributed by atoms with E-state index in [1.54, 1.807) is 0 Å². The van der Waals surface area contributed by atoms with Gasteiger partial charge in [0.15, 0.2) is 5.69 Å². The summed E-state index contributed by atoms with van der Waals surface area (Å²) < 4.78 is 53.3. The largest absolute Gasteiger partial charge is 0.433 e. The van der Waals surface area contributed by atoms with Gasteiger partial charge in [-0.05, 0) is 29.8 Å². The number of non-ortho nitro benzene ring substituents is 1. The number of rotatable bonds is 5. The molecule has 0 unspecified atom stereocenters. The summed E-state index contributed by atoms with van der Waals surface area (Å²) in [7, 11) is 0. The highest BCUT2D eigenvalue weighted by Crippen LogP contribution is 2.28. The summed E-state index contributed by atoms with van der Waals surface area (Å²) in [6.45, 7) is -0.167. The first-order valence-electron chi connectivity index (χ1n) is 8.08. The van der Waals surface area contributed by atoms with E-state index in [9.17, 15) is 32.5 Å². The second-order valence-electron chi connectivity index (χ2n) is 5.94. The van der Waals surface area contributed by atoms with E-state index in [-0.39, 0.29) is 17.9 Å². The zero-order chi connectivity index (χ0) is 21.2. The van der Waals surface area contributed by atoms with Gasteiger partial charge in [-0.2, -0.15) is 13.2 Å². The molecular weight excluding hydrogens is 396 g/mol. The monoisotopic (exact) mass is 408 g/mol. The Hall–Kier alpha value is -3.76. The zero-order valence-corrected chi connectivity index (χ0v) is 14.5.